The Kier molecular flexibility index (Phi) is 6.34. The first-order valence-corrected chi connectivity index (χ1v) is 13.9. The van der Waals surface area contributed by atoms with E-state index in [-0.39, 0.29) is 34.7 Å². The SMILES string of the molecule is COc1c(Nc2cc(NC(=O)C3CC3)nnc2C(N)=O)cc(F)cc1-c1cc(P(C)C)n(C2CC2)n1. The van der Waals surface area contributed by atoms with Gasteiger partial charge in [-0.2, -0.15) is 5.10 Å². The normalized spacial score (nSPS) is 15.1. The molecule has 2 saturated carbocycles. The third-order valence-electron chi connectivity index (χ3n) is 6.10. The lowest BCUT2D eigenvalue weighted by Gasteiger charge is -2.16. The zero-order valence-electron chi connectivity index (χ0n) is 20.2. The van der Waals surface area contributed by atoms with Gasteiger partial charge in [0, 0.05) is 23.6 Å². The Morgan fingerprint density at radius 2 is 1.86 bits per heavy atom. The average Bonchev–Trinajstić information content (AvgIpc) is 3.76. The van der Waals surface area contributed by atoms with Crippen molar-refractivity contribution in [3.05, 3.63) is 35.8 Å². The first-order valence-electron chi connectivity index (χ1n) is 11.7. The topological polar surface area (TPSA) is 137 Å². The van der Waals surface area contributed by atoms with Crippen LogP contribution < -0.4 is 26.5 Å². The highest BCUT2D eigenvalue weighted by molar-refractivity contribution is 7.63. The van der Waals surface area contributed by atoms with Crippen LogP contribution in [-0.4, -0.2) is 52.2 Å². The minimum Gasteiger partial charge on any atom is -0.494 e. The second kappa shape index (κ2) is 9.46. The van der Waals surface area contributed by atoms with E-state index in [1.165, 1.54) is 25.3 Å². The molecule has 0 unspecified atom stereocenters. The highest BCUT2D eigenvalue weighted by atomic mass is 31.1. The molecule has 2 amide bonds. The van der Waals surface area contributed by atoms with E-state index < -0.39 is 19.6 Å². The molecule has 2 fully saturated rings. The number of methoxy groups -OCH3 is 1. The summed E-state index contributed by atoms with van der Waals surface area (Å²) in [7, 11) is 1.06. The van der Waals surface area contributed by atoms with Gasteiger partial charge in [-0.15, -0.1) is 10.2 Å². The molecule has 2 aliphatic rings. The van der Waals surface area contributed by atoms with Crippen LogP contribution in [0.2, 0.25) is 0 Å². The van der Waals surface area contributed by atoms with Crippen LogP contribution in [0.25, 0.3) is 11.3 Å². The van der Waals surface area contributed by atoms with Gasteiger partial charge in [-0.05, 0) is 51.1 Å². The lowest BCUT2D eigenvalue weighted by atomic mass is 10.1. The lowest BCUT2D eigenvalue weighted by Crippen LogP contribution is -2.19. The molecule has 0 bridgehead atoms. The summed E-state index contributed by atoms with van der Waals surface area (Å²) < 4.78 is 22.6. The first kappa shape index (κ1) is 24.1. The average molecular weight is 511 g/mol. The fraction of sp³-hybridized carbons (Fsp3) is 0.375. The van der Waals surface area contributed by atoms with Crippen LogP contribution in [0.1, 0.15) is 42.2 Å². The predicted octanol–water partition coefficient (Wildman–Crippen LogP) is 3.38. The van der Waals surface area contributed by atoms with Crippen LogP contribution in [0.3, 0.4) is 0 Å². The van der Waals surface area contributed by atoms with Gasteiger partial charge >= 0.3 is 0 Å². The maximum atomic E-state index is 14.9. The van der Waals surface area contributed by atoms with Crippen molar-refractivity contribution in [1.82, 2.24) is 20.0 Å². The Morgan fingerprint density at radius 3 is 2.47 bits per heavy atom. The number of primary amides is 1. The van der Waals surface area contributed by atoms with E-state index in [1.54, 1.807) is 0 Å². The number of hydrogen-bond acceptors (Lipinski definition) is 7. The van der Waals surface area contributed by atoms with Crippen molar-refractivity contribution in [1.29, 1.82) is 0 Å². The standard InChI is InChI=1S/C24H27FN7O3P/c1-35-22-15(16-11-20(36(2)3)32(31-16)14-6-7-14)8-13(25)9-18(22)27-17-10-19(28-24(34)12-4-5-12)29-30-21(17)23(26)33/h8-12,14H,4-7H2,1-3H3,(H2,26,33)(H2,27,28,29,34). The number of halogens is 1. The van der Waals surface area contributed by atoms with Gasteiger partial charge in [0.25, 0.3) is 5.91 Å². The molecule has 12 heteroatoms. The summed E-state index contributed by atoms with van der Waals surface area (Å²) in [5.74, 6) is -1.06. The Balaban J connectivity index is 1.54. The molecule has 3 aromatic rings. The number of benzene rings is 1. The summed E-state index contributed by atoms with van der Waals surface area (Å²) in [5, 5.41) is 18.3. The number of amides is 2. The van der Waals surface area contributed by atoms with E-state index in [2.05, 4.69) is 34.2 Å². The molecule has 0 aliphatic heterocycles. The summed E-state index contributed by atoms with van der Waals surface area (Å²) in [6.07, 6.45) is 3.80. The molecule has 2 aromatic heterocycles. The molecule has 0 radical (unpaired) electrons. The van der Waals surface area contributed by atoms with E-state index in [9.17, 15) is 14.0 Å². The summed E-state index contributed by atoms with van der Waals surface area (Å²) in [4.78, 5) is 24.2. The van der Waals surface area contributed by atoms with Gasteiger partial charge in [0.15, 0.2) is 17.3 Å². The molecule has 1 aromatic carbocycles. The largest absolute Gasteiger partial charge is 0.494 e. The minimum atomic E-state index is -0.826. The molecule has 4 N–H and O–H groups in total. The number of ether oxygens (including phenoxy) is 1. The lowest BCUT2D eigenvalue weighted by molar-refractivity contribution is -0.117. The fourth-order valence-electron chi connectivity index (χ4n) is 3.98. The van der Waals surface area contributed by atoms with Crippen molar-refractivity contribution in [3.8, 4) is 17.0 Å². The van der Waals surface area contributed by atoms with E-state index in [1.807, 2.05) is 10.7 Å². The predicted molar refractivity (Wildman–Crippen MR) is 136 cm³/mol. The Hall–Kier alpha value is -3.59. The van der Waals surface area contributed by atoms with E-state index in [0.29, 0.717) is 23.0 Å². The number of hydrogen-bond donors (Lipinski definition) is 3. The van der Waals surface area contributed by atoms with Crippen LogP contribution >= 0.6 is 7.92 Å². The van der Waals surface area contributed by atoms with Gasteiger partial charge in [-0.25, -0.2) is 4.39 Å². The molecule has 10 nitrogen and oxygen atoms in total. The zero-order valence-corrected chi connectivity index (χ0v) is 21.1. The van der Waals surface area contributed by atoms with E-state index in [0.717, 1.165) is 31.1 Å². The molecular weight excluding hydrogens is 484 g/mol. The summed E-state index contributed by atoms with van der Waals surface area (Å²) in [5.41, 5.74) is 7.96. The molecule has 0 spiro atoms. The zero-order chi connectivity index (χ0) is 25.6. The molecule has 0 saturated heterocycles. The van der Waals surface area contributed by atoms with Crippen molar-refractivity contribution < 1.29 is 18.7 Å². The fourth-order valence-corrected chi connectivity index (χ4v) is 4.98. The second-order valence-corrected chi connectivity index (χ2v) is 11.5. The number of nitrogens with one attached hydrogen (secondary N) is 2. The van der Waals surface area contributed by atoms with Gasteiger partial charge in [0.2, 0.25) is 5.91 Å². The van der Waals surface area contributed by atoms with Gasteiger partial charge in [-0.1, -0.05) is 7.92 Å². The maximum absolute atomic E-state index is 14.9. The monoisotopic (exact) mass is 511 g/mol. The van der Waals surface area contributed by atoms with E-state index >= 15 is 0 Å². The minimum absolute atomic E-state index is 0.0440. The van der Waals surface area contributed by atoms with Crippen LogP contribution in [-0.2, 0) is 4.79 Å². The van der Waals surface area contributed by atoms with Crippen molar-refractivity contribution >= 4 is 42.4 Å². The number of carbonyl (C=O) groups is 2. The summed E-state index contributed by atoms with van der Waals surface area (Å²) >= 11 is 0. The van der Waals surface area contributed by atoms with Crippen molar-refractivity contribution in [3.63, 3.8) is 0 Å². The Morgan fingerprint density at radius 1 is 1.11 bits per heavy atom. The third-order valence-corrected chi connectivity index (χ3v) is 7.35. The highest BCUT2D eigenvalue weighted by Gasteiger charge is 2.31. The molecule has 0 atom stereocenters. The molecule has 188 valence electrons. The molecule has 5 rings (SSSR count). The third kappa shape index (κ3) is 4.88. The van der Waals surface area contributed by atoms with Gasteiger partial charge in [0.05, 0.1) is 35.7 Å². The number of rotatable bonds is 9. The van der Waals surface area contributed by atoms with Gasteiger partial charge < -0.3 is 21.1 Å². The molecule has 36 heavy (non-hydrogen) atoms. The second-order valence-electron chi connectivity index (χ2n) is 9.24. The van der Waals surface area contributed by atoms with Crippen molar-refractivity contribution in [2.45, 2.75) is 31.7 Å². The number of carbonyl (C=O) groups excluding carboxylic acids is 2. The Labute approximate surface area is 208 Å². The highest BCUT2D eigenvalue weighted by Crippen LogP contribution is 2.42. The van der Waals surface area contributed by atoms with Crippen LogP contribution in [0, 0.1) is 11.7 Å². The Bertz CT molecular complexity index is 1330. The summed E-state index contributed by atoms with van der Waals surface area (Å²) in [6.45, 7) is 4.32. The summed E-state index contributed by atoms with van der Waals surface area (Å²) in [6, 6.07) is 6.43. The number of nitrogens with zero attached hydrogens (tertiary/aromatic N) is 4. The van der Waals surface area contributed by atoms with Crippen LogP contribution in [0.4, 0.5) is 21.6 Å². The smallest absolute Gasteiger partial charge is 0.271 e. The molecule has 2 heterocycles. The quantitative estimate of drug-likeness (QED) is 0.375. The number of nitrogens with two attached hydrogens (primary N) is 1. The van der Waals surface area contributed by atoms with Gasteiger partial charge in [0.1, 0.15) is 5.82 Å². The first-order chi connectivity index (χ1) is 17.2. The number of aromatic nitrogens is 4. The van der Waals surface area contributed by atoms with Crippen molar-refractivity contribution in [2.24, 2.45) is 11.7 Å². The number of anilines is 3. The molecular formula is C24H27FN7O3P. The van der Waals surface area contributed by atoms with Gasteiger partial charge in [-0.3, -0.25) is 14.3 Å². The van der Waals surface area contributed by atoms with E-state index in [4.69, 9.17) is 15.6 Å². The molecule has 2 aliphatic carbocycles. The maximum Gasteiger partial charge on any atom is 0.271 e. The van der Waals surface area contributed by atoms with Crippen molar-refractivity contribution in [2.75, 3.05) is 31.1 Å². The van der Waals surface area contributed by atoms with Crippen LogP contribution in [0.15, 0.2) is 24.3 Å². The van der Waals surface area contributed by atoms with Crippen LogP contribution in [0.5, 0.6) is 5.75 Å².